The van der Waals surface area contributed by atoms with E-state index in [1.165, 1.54) is 0 Å². The molecular formula is C8H15NSi. The van der Waals surface area contributed by atoms with E-state index in [0.717, 1.165) is 0 Å². The van der Waals surface area contributed by atoms with Crippen LogP contribution in [0.4, 0.5) is 0 Å². The molecule has 0 saturated carbocycles. The third-order valence-electron chi connectivity index (χ3n) is 1.47. The van der Waals surface area contributed by atoms with Gasteiger partial charge in [0.2, 0.25) is 0 Å². The SMILES string of the molecule is C[SiH](C)c1ccccc1.N. The van der Waals surface area contributed by atoms with E-state index >= 15 is 0 Å². The summed E-state index contributed by atoms with van der Waals surface area (Å²) in [5.41, 5.74) is 0. The Hall–Kier alpha value is -0.603. The summed E-state index contributed by atoms with van der Waals surface area (Å²) >= 11 is 0. The summed E-state index contributed by atoms with van der Waals surface area (Å²) in [6, 6.07) is 10.7. The molecule has 0 unspecified atom stereocenters. The van der Waals surface area contributed by atoms with Gasteiger partial charge >= 0.3 is 0 Å². The molecule has 0 fully saturated rings. The van der Waals surface area contributed by atoms with Gasteiger partial charge in [-0.05, 0) is 0 Å². The molecule has 0 bridgehead atoms. The van der Waals surface area contributed by atoms with Crippen molar-refractivity contribution in [2.75, 3.05) is 0 Å². The summed E-state index contributed by atoms with van der Waals surface area (Å²) < 4.78 is 0. The monoisotopic (exact) mass is 153 g/mol. The topological polar surface area (TPSA) is 35.0 Å². The Morgan fingerprint density at radius 1 is 1.00 bits per heavy atom. The molecule has 2 heteroatoms. The molecule has 0 radical (unpaired) electrons. The lowest BCUT2D eigenvalue weighted by Gasteiger charge is -1.99. The first-order chi connectivity index (χ1) is 4.30. The molecule has 1 aromatic rings. The van der Waals surface area contributed by atoms with Gasteiger partial charge in [-0.1, -0.05) is 48.6 Å². The molecule has 0 aliphatic carbocycles. The zero-order valence-corrected chi connectivity index (χ0v) is 7.83. The van der Waals surface area contributed by atoms with Crippen LogP contribution in [0.1, 0.15) is 0 Å². The van der Waals surface area contributed by atoms with Gasteiger partial charge in [0.1, 0.15) is 0 Å². The van der Waals surface area contributed by atoms with E-state index in [9.17, 15) is 0 Å². The summed E-state index contributed by atoms with van der Waals surface area (Å²) in [7, 11) is -0.529. The van der Waals surface area contributed by atoms with Gasteiger partial charge < -0.3 is 6.15 Å². The molecule has 1 aromatic carbocycles. The van der Waals surface area contributed by atoms with Crippen LogP contribution in [0.3, 0.4) is 0 Å². The van der Waals surface area contributed by atoms with E-state index in [-0.39, 0.29) is 6.15 Å². The maximum absolute atomic E-state index is 2.34. The van der Waals surface area contributed by atoms with Crippen molar-refractivity contribution >= 4 is 14.0 Å². The Labute approximate surface area is 64.3 Å². The molecular weight excluding hydrogens is 138 g/mol. The van der Waals surface area contributed by atoms with Crippen LogP contribution in [0.25, 0.3) is 0 Å². The molecule has 56 valence electrons. The van der Waals surface area contributed by atoms with Gasteiger partial charge in [-0.3, -0.25) is 0 Å². The highest BCUT2D eigenvalue weighted by Crippen LogP contribution is 1.85. The van der Waals surface area contributed by atoms with Crippen molar-refractivity contribution in [1.82, 2.24) is 6.15 Å². The van der Waals surface area contributed by atoms with Crippen LogP contribution in [0.2, 0.25) is 13.1 Å². The summed E-state index contributed by atoms with van der Waals surface area (Å²) in [5, 5.41) is 1.55. The van der Waals surface area contributed by atoms with Crippen LogP contribution in [-0.2, 0) is 0 Å². The maximum atomic E-state index is 2.34. The van der Waals surface area contributed by atoms with Crippen molar-refractivity contribution < 1.29 is 0 Å². The molecule has 0 amide bonds. The number of hydrogen-bond donors (Lipinski definition) is 1. The average Bonchev–Trinajstić information content (AvgIpc) is 1.90. The van der Waals surface area contributed by atoms with Gasteiger partial charge in [0.15, 0.2) is 0 Å². The molecule has 0 heterocycles. The predicted octanol–water partition coefficient (Wildman–Crippen LogP) is 1.54. The van der Waals surface area contributed by atoms with Gasteiger partial charge in [-0.2, -0.15) is 0 Å². The lowest BCUT2D eigenvalue weighted by molar-refractivity contribution is 1.74. The normalized spacial score (nSPS) is 9.10. The second kappa shape index (κ2) is 4.25. The van der Waals surface area contributed by atoms with Crippen LogP contribution in [0, 0.1) is 0 Å². The molecule has 1 rings (SSSR count). The Morgan fingerprint density at radius 3 is 1.80 bits per heavy atom. The summed E-state index contributed by atoms with van der Waals surface area (Å²) in [6.45, 7) is 4.69. The summed E-state index contributed by atoms with van der Waals surface area (Å²) in [6.07, 6.45) is 0. The van der Waals surface area contributed by atoms with E-state index < -0.39 is 8.80 Å². The maximum Gasteiger partial charge on any atom is 0.0647 e. The van der Waals surface area contributed by atoms with Crippen molar-refractivity contribution in [2.45, 2.75) is 13.1 Å². The predicted molar refractivity (Wildman–Crippen MR) is 50.0 cm³/mol. The van der Waals surface area contributed by atoms with Gasteiger partial charge in [0.25, 0.3) is 0 Å². The lowest BCUT2D eigenvalue weighted by Crippen LogP contribution is -2.21. The van der Waals surface area contributed by atoms with Gasteiger partial charge in [-0.15, -0.1) is 0 Å². The smallest absolute Gasteiger partial charge is 0.0647 e. The highest BCUT2D eigenvalue weighted by molar-refractivity contribution is 6.70. The Balaban J connectivity index is 0.000000810. The standard InChI is InChI=1S/C8H12Si.H3N/c1-9(2)8-6-4-3-5-7-8;/h3-7,9H,1-2H3;1H3. The van der Waals surface area contributed by atoms with Gasteiger partial charge in [-0.25, -0.2) is 0 Å². The van der Waals surface area contributed by atoms with Crippen LogP contribution < -0.4 is 11.3 Å². The van der Waals surface area contributed by atoms with Gasteiger partial charge in [0, 0.05) is 0 Å². The fourth-order valence-corrected chi connectivity index (χ4v) is 1.83. The molecule has 0 aliphatic heterocycles. The Morgan fingerprint density at radius 2 is 1.50 bits per heavy atom. The van der Waals surface area contributed by atoms with Crippen molar-refractivity contribution in [2.24, 2.45) is 0 Å². The summed E-state index contributed by atoms with van der Waals surface area (Å²) in [5.74, 6) is 0. The zero-order valence-electron chi connectivity index (χ0n) is 6.67. The Bertz CT molecular complexity index is 172. The molecule has 1 nitrogen and oxygen atoms in total. The minimum atomic E-state index is -0.529. The van der Waals surface area contributed by atoms with Crippen molar-refractivity contribution in [3.05, 3.63) is 30.3 Å². The number of benzene rings is 1. The number of hydrogen-bond acceptors (Lipinski definition) is 1. The zero-order chi connectivity index (χ0) is 6.69. The van der Waals surface area contributed by atoms with E-state index in [2.05, 4.69) is 43.4 Å². The molecule has 10 heavy (non-hydrogen) atoms. The van der Waals surface area contributed by atoms with Crippen molar-refractivity contribution in [3.8, 4) is 0 Å². The molecule has 0 aromatic heterocycles. The quantitative estimate of drug-likeness (QED) is 0.610. The third-order valence-corrected chi connectivity index (χ3v) is 3.18. The molecule has 0 atom stereocenters. The second-order valence-electron chi connectivity index (χ2n) is 2.57. The third kappa shape index (κ3) is 2.33. The molecule has 0 aliphatic rings. The van der Waals surface area contributed by atoms with E-state index in [0.29, 0.717) is 0 Å². The lowest BCUT2D eigenvalue weighted by atomic mass is 10.4. The van der Waals surface area contributed by atoms with Gasteiger partial charge in [0.05, 0.1) is 8.80 Å². The fourth-order valence-electron chi connectivity index (χ4n) is 0.838. The second-order valence-corrected chi connectivity index (χ2v) is 5.54. The first-order valence-corrected chi connectivity index (χ1v) is 6.24. The first-order valence-electron chi connectivity index (χ1n) is 3.35. The van der Waals surface area contributed by atoms with E-state index in [1.807, 2.05) is 0 Å². The highest BCUT2D eigenvalue weighted by atomic mass is 28.3. The summed E-state index contributed by atoms with van der Waals surface area (Å²) in [4.78, 5) is 0. The molecule has 3 N–H and O–H groups in total. The highest BCUT2D eigenvalue weighted by Gasteiger charge is 1.95. The van der Waals surface area contributed by atoms with E-state index in [1.54, 1.807) is 5.19 Å². The van der Waals surface area contributed by atoms with E-state index in [4.69, 9.17) is 0 Å². The van der Waals surface area contributed by atoms with Crippen LogP contribution in [0.15, 0.2) is 30.3 Å². The van der Waals surface area contributed by atoms with Crippen LogP contribution in [0.5, 0.6) is 0 Å². The molecule has 0 saturated heterocycles. The Kier molecular flexibility index (Phi) is 3.99. The average molecular weight is 153 g/mol. The fraction of sp³-hybridized carbons (Fsp3) is 0.250. The van der Waals surface area contributed by atoms with Crippen LogP contribution in [-0.4, -0.2) is 8.80 Å². The largest absolute Gasteiger partial charge is 0.344 e. The minimum absolute atomic E-state index is 0. The molecule has 0 spiro atoms. The first kappa shape index (κ1) is 9.40. The number of rotatable bonds is 1. The van der Waals surface area contributed by atoms with Crippen LogP contribution >= 0.6 is 0 Å². The van der Waals surface area contributed by atoms with Crippen molar-refractivity contribution in [1.29, 1.82) is 0 Å². The van der Waals surface area contributed by atoms with Crippen molar-refractivity contribution in [3.63, 3.8) is 0 Å². The minimum Gasteiger partial charge on any atom is -0.344 e.